The van der Waals surface area contributed by atoms with Gasteiger partial charge in [-0.1, -0.05) is 22.0 Å². The van der Waals surface area contributed by atoms with E-state index >= 15 is 0 Å². The van der Waals surface area contributed by atoms with Crippen molar-refractivity contribution in [3.05, 3.63) is 38.6 Å². The zero-order valence-electron chi connectivity index (χ0n) is 11.8. The Balaban J connectivity index is 2.83. The van der Waals surface area contributed by atoms with E-state index in [0.29, 0.717) is 6.07 Å². The van der Waals surface area contributed by atoms with Gasteiger partial charge in [-0.2, -0.15) is 30.7 Å². The van der Waals surface area contributed by atoms with E-state index in [1.807, 2.05) is 0 Å². The molecule has 1 radical (unpaired) electrons. The van der Waals surface area contributed by atoms with E-state index in [9.17, 15) is 39.2 Å². The standard InChI is InChI=1S/C13H4Br2F7O2S2/c14-6-4-7(15)10(8-2-1-3-25-8)9(5-6)26(23,24)13(21,22)11(16,17)12(18,19)20/h1-3,5H. The van der Waals surface area contributed by atoms with Crippen LogP contribution in [0.4, 0.5) is 30.7 Å². The maximum atomic E-state index is 14.0. The van der Waals surface area contributed by atoms with Crippen LogP contribution in [-0.4, -0.2) is 25.8 Å². The van der Waals surface area contributed by atoms with Gasteiger partial charge in [-0.25, -0.2) is 8.42 Å². The maximum absolute atomic E-state index is 14.0. The number of rotatable bonds is 4. The average Bonchev–Trinajstić information content (AvgIpc) is 2.98. The third kappa shape index (κ3) is 3.31. The number of halogens is 9. The van der Waals surface area contributed by atoms with Gasteiger partial charge in [0, 0.05) is 25.5 Å². The van der Waals surface area contributed by atoms with Crippen LogP contribution in [0.15, 0.2) is 37.4 Å². The van der Waals surface area contributed by atoms with Crippen molar-refractivity contribution >= 4 is 53.0 Å². The number of sulfone groups is 1. The summed E-state index contributed by atoms with van der Waals surface area (Å²) in [5, 5.41) is -5.01. The lowest BCUT2D eigenvalue weighted by atomic mass is 10.2. The van der Waals surface area contributed by atoms with E-state index in [4.69, 9.17) is 0 Å². The van der Waals surface area contributed by atoms with E-state index in [1.165, 1.54) is 17.5 Å². The number of thiophene rings is 1. The van der Waals surface area contributed by atoms with Crippen LogP contribution < -0.4 is 0 Å². The Kier molecular flexibility index (Phi) is 5.61. The summed E-state index contributed by atoms with van der Waals surface area (Å²) in [7, 11) is -6.46. The maximum Gasteiger partial charge on any atom is 0.461 e. The first-order valence-electron chi connectivity index (χ1n) is 6.16. The van der Waals surface area contributed by atoms with Crippen molar-refractivity contribution in [2.45, 2.75) is 22.2 Å². The lowest BCUT2D eigenvalue weighted by molar-refractivity contribution is -0.332. The molecule has 0 saturated carbocycles. The normalized spacial score (nSPS) is 13.9. The molecule has 1 aromatic carbocycles. The van der Waals surface area contributed by atoms with Crippen LogP contribution in [0.1, 0.15) is 0 Å². The predicted octanol–water partition coefficient (Wildman–Crippen LogP) is 6.30. The Morgan fingerprint density at radius 1 is 1.04 bits per heavy atom. The third-order valence-electron chi connectivity index (χ3n) is 3.07. The minimum Gasteiger partial charge on any atom is -0.217 e. The minimum absolute atomic E-state index is 0.0466. The second-order valence-electron chi connectivity index (χ2n) is 4.74. The summed E-state index contributed by atoms with van der Waals surface area (Å²) in [6, 6.07) is 5.67. The number of hydrogen-bond donors (Lipinski definition) is 0. The molecule has 0 bridgehead atoms. The molecular formula is C13H4Br2F7O2S2. The van der Waals surface area contributed by atoms with Crippen molar-refractivity contribution in [2.75, 3.05) is 0 Å². The molecule has 13 heteroatoms. The Morgan fingerprint density at radius 3 is 2.08 bits per heavy atom. The van der Waals surface area contributed by atoms with Crippen LogP contribution >= 0.6 is 43.2 Å². The molecule has 143 valence electrons. The van der Waals surface area contributed by atoms with E-state index in [1.54, 1.807) is 0 Å². The summed E-state index contributed by atoms with van der Waals surface area (Å²) in [5.41, 5.74) is -0.499. The second kappa shape index (κ2) is 6.74. The fraction of sp³-hybridized carbons (Fsp3) is 0.231. The second-order valence-corrected chi connectivity index (χ2v) is 9.29. The van der Waals surface area contributed by atoms with E-state index in [2.05, 4.69) is 37.9 Å². The van der Waals surface area contributed by atoms with Crippen molar-refractivity contribution < 1.29 is 39.2 Å². The molecule has 0 atom stereocenters. The van der Waals surface area contributed by atoms with Crippen molar-refractivity contribution in [3.8, 4) is 10.4 Å². The van der Waals surface area contributed by atoms with Crippen molar-refractivity contribution in [1.29, 1.82) is 0 Å². The molecule has 2 nitrogen and oxygen atoms in total. The van der Waals surface area contributed by atoms with Crippen molar-refractivity contribution in [1.82, 2.24) is 0 Å². The Labute approximate surface area is 163 Å². The van der Waals surface area contributed by atoms with E-state index in [0.717, 1.165) is 11.3 Å². The van der Waals surface area contributed by atoms with Crippen molar-refractivity contribution in [3.63, 3.8) is 0 Å². The van der Waals surface area contributed by atoms with Gasteiger partial charge >= 0.3 is 17.4 Å². The van der Waals surface area contributed by atoms with Gasteiger partial charge in [-0.15, -0.1) is 11.3 Å². The molecule has 0 aliphatic rings. The van der Waals surface area contributed by atoms with Crippen LogP contribution in [0, 0.1) is 6.07 Å². The molecule has 0 amide bonds. The van der Waals surface area contributed by atoms with E-state index < -0.39 is 37.6 Å². The van der Waals surface area contributed by atoms with Gasteiger partial charge in [0.2, 0.25) is 0 Å². The van der Waals surface area contributed by atoms with Gasteiger partial charge in [-0.05, 0) is 33.4 Å². The van der Waals surface area contributed by atoms with Gasteiger partial charge in [0.25, 0.3) is 9.84 Å². The highest BCUT2D eigenvalue weighted by atomic mass is 79.9. The summed E-state index contributed by atoms with van der Waals surface area (Å²) in [5.74, 6) is -6.80. The summed E-state index contributed by atoms with van der Waals surface area (Å²) >= 11 is 6.49. The summed E-state index contributed by atoms with van der Waals surface area (Å²) in [6.07, 6.45) is -6.78. The highest BCUT2D eigenvalue weighted by molar-refractivity contribution is 9.11. The average molecular weight is 549 g/mol. The van der Waals surface area contributed by atoms with Gasteiger partial charge in [0.05, 0.1) is 4.90 Å². The van der Waals surface area contributed by atoms with Crippen molar-refractivity contribution in [2.24, 2.45) is 0 Å². The first-order chi connectivity index (χ1) is 11.6. The topological polar surface area (TPSA) is 34.1 Å². The summed E-state index contributed by atoms with van der Waals surface area (Å²) in [4.78, 5) is -1.35. The Hall–Kier alpha value is -0.660. The Bertz CT molecular complexity index is 923. The van der Waals surface area contributed by atoms with Crippen LogP contribution in [-0.2, 0) is 9.84 Å². The van der Waals surface area contributed by atoms with Crippen LogP contribution in [0.3, 0.4) is 0 Å². The molecule has 2 rings (SSSR count). The largest absolute Gasteiger partial charge is 0.461 e. The van der Waals surface area contributed by atoms with Gasteiger partial charge in [0.15, 0.2) is 0 Å². The first-order valence-corrected chi connectivity index (χ1v) is 10.1. The number of alkyl halides is 7. The summed E-state index contributed by atoms with van der Waals surface area (Å²) in [6.45, 7) is 0. The number of hydrogen-bond acceptors (Lipinski definition) is 3. The monoisotopic (exact) mass is 547 g/mol. The van der Waals surface area contributed by atoms with Gasteiger partial charge < -0.3 is 0 Å². The zero-order chi connectivity index (χ0) is 20.1. The molecule has 2 aromatic rings. The lowest BCUT2D eigenvalue weighted by Crippen LogP contribution is -2.56. The SMILES string of the molecule is O=S(=O)(c1cc(Br)[c]c(Br)c1-c1cccs1)C(F)(F)C(F)(F)C(F)(F)F. The summed E-state index contributed by atoms with van der Waals surface area (Å²) < 4.78 is 116. The molecule has 0 saturated heterocycles. The highest BCUT2D eigenvalue weighted by Gasteiger charge is 2.78. The molecular weight excluding hydrogens is 545 g/mol. The number of benzene rings is 1. The smallest absolute Gasteiger partial charge is 0.217 e. The molecule has 1 heterocycles. The molecule has 0 N–H and O–H groups in total. The third-order valence-corrected chi connectivity index (χ3v) is 6.81. The first kappa shape index (κ1) is 21.6. The van der Waals surface area contributed by atoms with Crippen LogP contribution in [0.5, 0.6) is 0 Å². The molecule has 0 aliphatic heterocycles. The predicted molar refractivity (Wildman–Crippen MR) is 87.1 cm³/mol. The fourth-order valence-electron chi connectivity index (χ4n) is 1.83. The molecule has 1 aromatic heterocycles. The fourth-order valence-corrected chi connectivity index (χ4v) is 5.92. The minimum atomic E-state index is -6.80. The molecule has 26 heavy (non-hydrogen) atoms. The molecule has 0 fully saturated rings. The Morgan fingerprint density at radius 2 is 1.62 bits per heavy atom. The van der Waals surface area contributed by atoms with Gasteiger partial charge in [0.1, 0.15) is 0 Å². The molecule has 0 spiro atoms. The zero-order valence-corrected chi connectivity index (χ0v) is 16.6. The van der Waals surface area contributed by atoms with E-state index in [-0.39, 0.29) is 13.8 Å². The lowest BCUT2D eigenvalue weighted by Gasteiger charge is -2.28. The molecule has 0 aliphatic carbocycles. The van der Waals surface area contributed by atoms with Crippen LogP contribution in [0.25, 0.3) is 10.4 Å². The highest BCUT2D eigenvalue weighted by Crippen LogP contribution is 2.52. The van der Waals surface area contributed by atoms with Crippen LogP contribution in [0.2, 0.25) is 0 Å². The quantitative estimate of drug-likeness (QED) is 0.420. The van der Waals surface area contributed by atoms with Gasteiger partial charge in [-0.3, -0.25) is 0 Å². The molecule has 0 unspecified atom stereocenters.